The van der Waals surface area contributed by atoms with Crippen LogP contribution in [0.3, 0.4) is 0 Å². The summed E-state index contributed by atoms with van der Waals surface area (Å²) in [6.45, 7) is 2.28. The minimum absolute atomic E-state index is 0.158. The molecule has 0 radical (unpaired) electrons. The zero-order valence-electron chi connectivity index (χ0n) is 18.1. The van der Waals surface area contributed by atoms with Crippen molar-refractivity contribution in [2.45, 2.75) is 45.6 Å². The fraction of sp³-hybridized carbons (Fsp3) is 0.435. The van der Waals surface area contributed by atoms with Gasteiger partial charge in [0.1, 0.15) is 10.8 Å². The molecular weight excluding hydrogens is 452 g/mol. The number of carbonyl (C=O) groups is 3. The number of carboxylic acids is 1. The lowest BCUT2D eigenvalue weighted by Gasteiger charge is -2.25. The SMILES string of the molecule is CCc1cc(C(=O)NCc2ccc(OC)c(Cl)c2)c(NC(=O)C2CCC(C(=O)O)CC2)s1. The Kier molecular flexibility index (Phi) is 8.15. The Morgan fingerprint density at radius 3 is 2.44 bits per heavy atom. The van der Waals surface area contributed by atoms with Gasteiger partial charge in [0.2, 0.25) is 5.91 Å². The van der Waals surface area contributed by atoms with Crippen LogP contribution >= 0.6 is 22.9 Å². The third kappa shape index (κ3) is 5.81. The normalized spacial score (nSPS) is 18.1. The largest absolute Gasteiger partial charge is 0.495 e. The van der Waals surface area contributed by atoms with Crippen molar-refractivity contribution < 1.29 is 24.2 Å². The van der Waals surface area contributed by atoms with Crippen molar-refractivity contribution >= 4 is 45.7 Å². The van der Waals surface area contributed by atoms with E-state index in [4.69, 9.17) is 21.4 Å². The van der Waals surface area contributed by atoms with Gasteiger partial charge in [-0.1, -0.05) is 24.6 Å². The molecule has 0 atom stereocenters. The van der Waals surface area contributed by atoms with Crippen molar-refractivity contribution in [3.8, 4) is 5.75 Å². The molecule has 1 fully saturated rings. The van der Waals surface area contributed by atoms with Crippen LogP contribution in [0.4, 0.5) is 5.00 Å². The third-order valence-electron chi connectivity index (χ3n) is 5.73. The van der Waals surface area contributed by atoms with Gasteiger partial charge in [0, 0.05) is 17.3 Å². The second kappa shape index (κ2) is 10.8. The van der Waals surface area contributed by atoms with E-state index in [0.717, 1.165) is 16.9 Å². The average Bonchev–Trinajstić information content (AvgIpc) is 3.20. The van der Waals surface area contributed by atoms with E-state index in [-0.39, 0.29) is 30.2 Å². The van der Waals surface area contributed by atoms with Gasteiger partial charge in [0.05, 0.1) is 23.6 Å². The van der Waals surface area contributed by atoms with Crippen molar-refractivity contribution in [3.63, 3.8) is 0 Å². The summed E-state index contributed by atoms with van der Waals surface area (Å²) in [6, 6.07) is 7.11. The van der Waals surface area contributed by atoms with E-state index in [1.54, 1.807) is 18.2 Å². The van der Waals surface area contributed by atoms with Crippen LogP contribution in [0.15, 0.2) is 24.3 Å². The van der Waals surface area contributed by atoms with Crippen molar-refractivity contribution in [2.24, 2.45) is 11.8 Å². The van der Waals surface area contributed by atoms with Gasteiger partial charge in [-0.3, -0.25) is 14.4 Å². The number of amides is 2. The van der Waals surface area contributed by atoms with Crippen LogP contribution in [0.2, 0.25) is 5.02 Å². The van der Waals surface area contributed by atoms with Gasteiger partial charge in [0.25, 0.3) is 5.91 Å². The first-order valence-electron chi connectivity index (χ1n) is 10.6. The Morgan fingerprint density at radius 2 is 1.84 bits per heavy atom. The Morgan fingerprint density at radius 1 is 1.16 bits per heavy atom. The number of carbonyl (C=O) groups excluding carboxylic acids is 2. The van der Waals surface area contributed by atoms with Crippen molar-refractivity contribution in [3.05, 3.63) is 45.3 Å². The molecule has 172 valence electrons. The molecule has 2 aromatic rings. The fourth-order valence-corrected chi connectivity index (χ4v) is 5.07. The Balaban J connectivity index is 1.65. The Hall–Kier alpha value is -2.58. The molecule has 32 heavy (non-hydrogen) atoms. The summed E-state index contributed by atoms with van der Waals surface area (Å²) in [7, 11) is 1.54. The van der Waals surface area contributed by atoms with Gasteiger partial charge in [-0.2, -0.15) is 0 Å². The molecule has 0 bridgehead atoms. The highest BCUT2D eigenvalue weighted by molar-refractivity contribution is 7.16. The van der Waals surface area contributed by atoms with Gasteiger partial charge >= 0.3 is 5.97 Å². The number of ether oxygens (including phenoxy) is 1. The third-order valence-corrected chi connectivity index (χ3v) is 7.22. The van der Waals surface area contributed by atoms with Crippen LogP contribution in [0.25, 0.3) is 0 Å². The van der Waals surface area contributed by atoms with Crippen LogP contribution in [-0.4, -0.2) is 30.0 Å². The number of benzene rings is 1. The van der Waals surface area contributed by atoms with Crippen LogP contribution in [-0.2, 0) is 22.6 Å². The molecule has 0 aliphatic heterocycles. The van der Waals surface area contributed by atoms with Gasteiger partial charge in [-0.15, -0.1) is 11.3 Å². The van der Waals surface area contributed by atoms with E-state index in [1.807, 2.05) is 13.0 Å². The number of hydrogen-bond acceptors (Lipinski definition) is 5. The number of anilines is 1. The number of aliphatic carboxylic acids is 1. The molecule has 9 heteroatoms. The summed E-state index contributed by atoms with van der Waals surface area (Å²) >= 11 is 7.54. The number of nitrogens with one attached hydrogen (secondary N) is 2. The number of aryl methyl sites for hydroxylation is 1. The van der Waals surface area contributed by atoms with E-state index in [1.165, 1.54) is 18.4 Å². The van der Waals surface area contributed by atoms with Gasteiger partial charge < -0.3 is 20.5 Å². The summed E-state index contributed by atoms with van der Waals surface area (Å²) in [5, 5.41) is 15.9. The number of carboxylic acid groups (broad SMARTS) is 1. The zero-order chi connectivity index (χ0) is 23.3. The number of methoxy groups -OCH3 is 1. The molecule has 1 saturated carbocycles. The summed E-state index contributed by atoms with van der Waals surface area (Å²) in [6.07, 6.45) is 2.81. The monoisotopic (exact) mass is 478 g/mol. The highest BCUT2D eigenvalue weighted by Crippen LogP contribution is 2.33. The molecular formula is C23H27ClN2O5S. The van der Waals surface area contributed by atoms with Crippen molar-refractivity contribution in [1.82, 2.24) is 5.32 Å². The molecule has 3 N–H and O–H groups in total. The van der Waals surface area contributed by atoms with E-state index < -0.39 is 5.97 Å². The van der Waals surface area contributed by atoms with E-state index in [0.29, 0.717) is 47.0 Å². The van der Waals surface area contributed by atoms with Gasteiger partial charge in [-0.25, -0.2) is 0 Å². The van der Waals surface area contributed by atoms with Crippen molar-refractivity contribution in [2.75, 3.05) is 12.4 Å². The molecule has 1 aliphatic carbocycles. The molecule has 3 rings (SSSR count). The predicted octanol–water partition coefficient (Wildman–Crippen LogP) is 4.73. The second-order valence-corrected chi connectivity index (χ2v) is 9.38. The van der Waals surface area contributed by atoms with Crippen LogP contribution in [0.1, 0.15) is 53.4 Å². The molecule has 0 unspecified atom stereocenters. The van der Waals surface area contributed by atoms with Crippen molar-refractivity contribution in [1.29, 1.82) is 0 Å². The maximum Gasteiger partial charge on any atom is 0.306 e. The van der Waals surface area contributed by atoms with E-state index in [9.17, 15) is 14.4 Å². The second-order valence-electron chi connectivity index (χ2n) is 7.84. The lowest BCUT2D eigenvalue weighted by Crippen LogP contribution is -2.30. The lowest BCUT2D eigenvalue weighted by atomic mass is 9.81. The maximum absolute atomic E-state index is 12.9. The van der Waals surface area contributed by atoms with Crippen LogP contribution in [0, 0.1) is 11.8 Å². The van der Waals surface area contributed by atoms with Crippen LogP contribution < -0.4 is 15.4 Å². The summed E-state index contributed by atoms with van der Waals surface area (Å²) in [5.74, 6) is -1.29. The Labute approximate surface area is 196 Å². The molecule has 2 amide bonds. The van der Waals surface area contributed by atoms with Gasteiger partial charge in [-0.05, 0) is 55.9 Å². The molecule has 1 aromatic heterocycles. The zero-order valence-corrected chi connectivity index (χ0v) is 19.6. The van der Waals surface area contributed by atoms with E-state index >= 15 is 0 Å². The smallest absolute Gasteiger partial charge is 0.306 e. The quantitative estimate of drug-likeness (QED) is 0.508. The number of rotatable bonds is 8. The molecule has 1 aliphatic rings. The topological polar surface area (TPSA) is 105 Å². The van der Waals surface area contributed by atoms with Gasteiger partial charge in [0.15, 0.2) is 0 Å². The molecule has 0 spiro atoms. The highest BCUT2D eigenvalue weighted by Gasteiger charge is 2.30. The first-order chi connectivity index (χ1) is 15.3. The summed E-state index contributed by atoms with van der Waals surface area (Å²) in [4.78, 5) is 37.8. The minimum Gasteiger partial charge on any atom is -0.495 e. The summed E-state index contributed by atoms with van der Waals surface area (Å²) < 4.78 is 5.14. The summed E-state index contributed by atoms with van der Waals surface area (Å²) in [5.41, 5.74) is 1.26. The molecule has 1 aromatic carbocycles. The lowest BCUT2D eigenvalue weighted by molar-refractivity contribution is -0.143. The standard InChI is InChI=1S/C23H27ClN2O5S/c1-3-16-11-17(21(28)25-12-13-4-9-19(31-2)18(24)10-13)22(32-16)26-20(27)14-5-7-15(8-6-14)23(29)30/h4,9-11,14-15H,3,5-8,12H2,1-2H3,(H,25,28)(H,26,27)(H,29,30). The number of hydrogen-bond donors (Lipinski definition) is 3. The minimum atomic E-state index is -0.799. The average molecular weight is 479 g/mol. The Bertz CT molecular complexity index is 998. The number of halogens is 1. The molecule has 0 saturated heterocycles. The predicted molar refractivity (Wildman–Crippen MR) is 125 cm³/mol. The molecule has 1 heterocycles. The fourth-order valence-electron chi connectivity index (χ4n) is 3.79. The molecule has 7 nitrogen and oxygen atoms in total. The number of thiophene rings is 1. The highest BCUT2D eigenvalue weighted by atomic mass is 35.5. The first kappa shape index (κ1) is 24.1. The van der Waals surface area contributed by atoms with E-state index in [2.05, 4.69) is 10.6 Å². The van der Waals surface area contributed by atoms with Crippen LogP contribution in [0.5, 0.6) is 5.75 Å². The maximum atomic E-state index is 12.9. The first-order valence-corrected chi connectivity index (χ1v) is 11.8.